The van der Waals surface area contributed by atoms with E-state index in [1.165, 1.54) is 6.07 Å². The second kappa shape index (κ2) is 5.34. The second-order valence-corrected chi connectivity index (χ2v) is 4.66. The van der Waals surface area contributed by atoms with Crippen LogP contribution in [0.5, 0.6) is 0 Å². The van der Waals surface area contributed by atoms with E-state index in [1.807, 2.05) is 19.9 Å². The van der Waals surface area contributed by atoms with Crippen molar-refractivity contribution in [3.05, 3.63) is 52.6 Å². The van der Waals surface area contributed by atoms with E-state index < -0.39 is 0 Å². The predicted octanol–water partition coefficient (Wildman–Crippen LogP) is 3.08. The van der Waals surface area contributed by atoms with Crippen LogP contribution in [0, 0.1) is 19.7 Å². The highest BCUT2D eigenvalue weighted by Gasteiger charge is 2.12. The Kier molecular flexibility index (Phi) is 3.79. The molecule has 0 spiro atoms. The van der Waals surface area contributed by atoms with Gasteiger partial charge in [-0.05, 0) is 38.5 Å². The zero-order chi connectivity index (χ0) is 14.0. The van der Waals surface area contributed by atoms with Crippen LogP contribution in [0.3, 0.4) is 0 Å². The molecule has 0 saturated heterocycles. The molecule has 1 aromatic heterocycles. The van der Waals surface area contributed by atoms with Gasteiger partial charge >= 0.3 is 0 Å². The summed E-state index contributed by atoms with van der Waals surface area (Å²) in [5.74, 6) is -0.431. The fraction of sp³-hybridized carbons (Fsp3) is 0.333. The molecule has 0 N–H and O–H groups in total. The number of hydrogen-bond acceptors (Lipinski definition) is 2. The minimum atomic E-state index is -0.342. The van der Waals surface area contributed by atoms with Crippen LogP contribution in [0.2, 0.25) is 0 Å². The topological polar surface area (TPSA) is 34.9 Å². The molecule has 4 heteroatoms. The van der Waals surface area contributed by atoms with Gasteiger partial charge in [-0.2, -0.15) is 5.10 Å². The molecule has 0 saturated carbocycles. The number of ketones is 1. The van der Waals surface area contributed by atoms with E-state index in [-0.39, 0.29) is 18.0 Å². The van der Waals surface area contributed by atoms with Gasteiger partial charge in [0, 0.05) is 17.8 Å². The highest BCUT2D eigenvalue weighted by Crippen LogP contribution is 2.13. The van der Waals surface area contributed by atoms with Gasteiger partial charge in [0.15, 0.2) is 5.78 Å². The molecule has 0 fully saturated rings. The molecule has 2 rings (SSSR count). The molecule has 0 radical (unpaired) electrons. The average molecular weight is 260 g/mol. The Morgan fingerprint density at radius 2 is 2.05 bits per heavy atom. The molecule has 0 atom stereocenters. The Labute approximate surface area is 112 Å². The van der Waals surface area contributed by atoms with Gasteiger partial charge in [-0.3, -0.25) is 9.48 Å². The minimum Gasteiger partial charge on any atom is -0.294 e. The Balaban J connectivity index is 2.22. The van der Waals surface area contributed by atoms with E-state index in [2.05, 4.69) is 5.10 Å². The van der Waals surface area contributed by atoms with Gasteiger partial charge in [0.25, 0.3) is 0 Å². The van der Waals surface area contributed by atoms with Crippen molar-refractivity contribution in [2.45, 2.75) is 33.7 Å². The number of nitrogens with zero attached hydrogens (tertiary/aromatic N) is 2. The molecule has 0 aliphatic rings. The fourth-order valence-electron chi connectivity index (χ4n) is 2.05. The summed E-state index contributed by atoms with van der Waals surface area (Å²) in [7, 11) is 0. The van der Waals surface area contributed by atoms with Gasteiger partial charge in [0.05, 0.1) is 12.1 Å². The van der Waals surface area contributed by atoms with Crippen LogP contribution in [0.25, 0.3) is 0 Å². The van der Waals surface area contributed by atoms with Crippen LogP contribution in [0.4, 0.5) is 4.39 Å². The van der Waals surface area contributed by atoms with Gasteiger partial charge in [-0.1, -0.05) is 12.1 Å². The maximum atomic E-state index is 13.5. The molecule has 1 heterocycles. The Morgan fingerprint density at radius 3 is 2.68 bits per heavy atom. The van der Waals surface area contributed by atoms with E-state index in [4.69, 9.17) is 0 Å². The molecule has 1 aromatic carbocycles. The third kappa shape index (κ3) is 2.89. The molecule has 0 amide bonds. The zero-order valence-corrected chi connectivity index (χ0v) is 11.4. The lowest BCUT2D eigenvalue weighted by atomic mass is 10.0. The summed E-state index contributed by atoms with van der Waals surface area (Å²) in [5, 5.41) is 4.30. The van der Waals surface area contributed by atoms with Gasteiger partial charge in [-0.15, -0.1) is 0 Å². The van der Waals surface area contributed by atoms with E-state index in [0.717, 1.165) is 17.9 Å². The number of benzene rings is 1. The third-order valence-electron chi connectivity index (χ3n) is 3.12. The summed E-state index contributed by atoms with van der Waals surface area (Å²) in [6.45, 7) is 6.27. The van der Waals surface area contributed by atoms with E-state index in [0.29, 0.717) is 11.1 Å². The van der Waals surface area contributed by atoms with Crippen molar-refractivity contribution in [1.29, 1.82) is 0 Å². The van der Waals surface area contributed by atoms with Crippen molar-refractivity contribution >= 4 is 5.78 Å². The first-order chi connectivity index (χ1) is 9.01. The highest BCUT2D eigenvalue weighted by atomic mass is 19.1. The van der Waals surface area contributed by atoms with Crippen molar-refractivity contribution in [2.24, 2.45) is 0 Å². The number of carbonyl (C=O) groups excluding carboxylic acids is 1. The van der Waals surface area contributed by atoms with Crippen molar-refractivity contribution in [3.63, 3.8) is 0 Å². The number of hydrogen-bond donors (Lipinski definition) is 0. The van der Waals surface area contributed by atoms with Crippen molar-refractivity contribution < 1.29 is 9.18 Å². The van der Waals surface area contributed by atoms with Crippen LogP contribution in [0.1, 0.15) is 34.2 Å². The average Bonchev–Trinajstić information content (AvgIpc) is 2.72. The molecule has 0 unspecified atom stereocenters. The maximum absolute atomic E-state index is 13.5. The standard InChI is InChI=1S/C15H17FN2O/c1-4-18-13(7-11(3)17-18)9-15(19)12-6-5-10(2)14(16)8-12/h5-8H,4,9H2,1-3H3. The van der Waals surface area contributed by atoms with Crippen LogP contribution >= 0.6 is 0 Å². The number of rotatable bonds is 4. The normalized spacial score (nSPS) is 10.7. The summed E-state index contributed by atoms with van der Waals surface area (Å²) in [4.78, 5) is 12.1. The van der Waals surface area contributed by atoms with E-state index in [1.54, 1.807) is 23.7 Å². The fourth-order valence-corrected chi connectivity index (χ4v) is 2.05. The Hall–Kier alpha value is -1.97. The first-order valence-corrected chi connectivity index (χ1v) is 6.34. The van der Waals surface area contributed by atoms with E-state index in [9.17, 15) is 9.18 Å². The molecule has 19 heavy (non-hydrogen) atoms. The van der Waals surface area contributed by atoms with Crippen LogP contribution in [-0.2, 0) is 13.0 Å². The molecule has 3 nitrogen and oxygen atoms in total. The number of halogens is 1. The van der Waals surface area contributed by atoms with Crippen LogP contribution in [0.15, 0.2) is 24.3 Å². The highest BCUT2D eigenvalue weighted by molar-refractivity contribution is 5.97. The SMILES string of the molecule is CCn1nc(C)cc1CC(=O)c1ccc(C)c(F)c1. The molecular formula is C15H17FN2O. The number of aromatic nitrogens is 2. The monoisotopic (exact) mass is 260 g/mol. The van der Waals surface area contributed by atoms with E-state index >= 15 is 0 Å². The molecule has 2 aromatic rings. The molecule has 0 bridgehead atoms. The lowest BCUT2D eigenvalue weighted by Gasteiger charge is -2.05. The van der Waals surface area contributed by atoms with Crippen LogP contribution < -0.4 is 0 Å². The maximum Gasteiger partial charge on any atom is 0.168 e. The van der Waals surface area contributed by atoms with Gasteiger partial charge in [0.1, 0.15) is 5.82 Å². The first-order valence-electron chi connectivity index (χ1n) is 6.34. The molecular weight excluding hydrogens is 243 g/mol. The van der Waals surface area contributed by atoms with Crippen molar-refractivity contribution in [1.82, 2.24) is 9.78 Å². The summed E-state index contributed by atoms with van der Waals surface area (Å²) < 4.78 is 15.3. The molecule has 0 aliphatic carbocycles. The largest absolute Gasteiger partial charge is 0.294 e. The number of carbonyl (C=O) groups is 1. The van der Waals surface area contributed by atoms with Gasteiger partial charge in [-0.25, -0.2) is 4.39 Å². The van der Waals surface area contributed by atoms with Gasteiger partial charge < -0.3 is 0 Å². The zero-order valence-electron chi connectivity index (χ0n) is 11.4. The summed E-state index contributed by atoms with van der Waals surface area (Å²) in [5.41, 5.74) is 2.71. The summed E-state index contributed by atoms with van der Waals surface area (Å²) >= 11 is 0. The smallest absolute Gasteiger partial charge is 0.168 e. The summed E-state index contributed by atoms with van der Waals surface area (Å²) in [6, 6.07) is 6.49. The molecule has 0 aliphatic heterocycles. The molecule has 100 valence electrons. The van der Waals surface area contributed by atoms with Crippen molar-refractivity contribution in [2.75, 3.05) is 0 Å². The van der Waals surface area contributed by atoms with Gasteiger partial charge in [0.2, 0.25) is 0 Å². The predicted molar refractivity (Wildman–Crippen MR) is 71.8 cm³/mol. The Bertz CT molecular complexity index is 617. The number of Topliss-reactive ketones (excluding diaryl/α,β-unsaturated/α-hetero) is 1. The minimum absolute atomic E-state index is 0.0894. The second-order valence-electron chi connectivity index (χ2n) is 4.66. The number of aryl methyl sites for hydroxylation is 3. The quantitative estimate of drug-likeness (QED) is 0.792. The summed E-state index contributed by atoms with van der Waals surface area (Å²) in [6.07, 6.45) is 0.247. The lowest BCUT2D eigenvalue weighted by molar-refractivity contribution is 0.0990. The van der Waals surface area contributed by atoms with Crippen molar-refractivity contribution in [3.8, 4) is 0 Å². The lowest BCUT2D eigenvalue weighted by Crippen LogP contribution is -2.10. The Morgan fingerprint density at radius 1 is 1.32 bits per heavy atom. The third-order valence-corrected chi connectivity index (χ3v) is 3.12. The first kappa shape index (κ1) is 13.5. The van der Waals surface area contributed by atoms with Crippen LogP contribution in [-0.4, -0.2) is 15.6 Å².